The zero-order valence-corrected chi connectivity index (χ0v) is 13.7. The summed E-state index contributed by atoms with van der Waals surface area (Å²) in [5.41, 5.74) is -0.0572. The Kier molecular flexibility index (Phi) is 6.48. The molecule has 0 atom stereocenters. The third-order valence-corrected chi connectivity index (χ3v) is 3.87. The normalized spacial score (nSPS) is 15.4. The molecule has 23 heavy (non-hydrogen) atoms. The molecular formula is C14H24N6O3. The second kappa shape index (κ2) is 8.59. The first-order valence-electron chi connectivity index (χ1n) is 7.95. The van der Waals surface area contributed by atoms with Crippen LogP contribution in [0.4, 0.5) is 17.3 Å². The molecule has 9 nitrogen and oxygen atoms in total. The maximum Gasteiger partial charge on any atom is 0.353 e. The topological polar surface area (TPSA) is 96.7 Å². The lowest BCUT2D eigenvalue weighted by atomic mass is 10.3. The first-order valence-corrected chi connectivity index (χ1v) is 7.95. The summed E-state index contributed by atoms with van der Waals surface area (Å²) in [5.74, 6) is 0.643. The summed E-state index contributed by atoms with van der Waals surface area (Å²) in [4.78, 5) is 23.3. The molecule has 0 radical (unpaired) electrons. The third kappa shape index (κ3) is 4.49. The second-order valence-electron chi connectivity index (χ2n) is 5.20. The molecule has 1 aromatic rings. The maximum absolute atomic E-state index is 11.5. The van der Waals surface area contributed by atoms with Gasteiger partial charge in [0, 0.05) is 39.3 Å². The lowest BCUT2D eigenvalue weighted by molar-refractivity contribution is -0.383. The van der Waals surface area contributed by atoms with Crippen molar-refractivity contribution in [1.82, 2.24) is 14.9 Å². The van der Waals surface area contributed by atoms with Crippen LogP contribution in [0.3, 0.4) is 0 Å². The fourth-order valence-electron chi connectivity index (χ4n) is 2.58. The monoisotopic (exact) mass is 324 g/mol. The molecular weight excluding hydrogens is 300 g/mol. The highest BCUT2D eigenvalue weighted by molar-refractivity contribution is 5.70. The van der Waals surface area contributed by atoms with Crippen LogP contribution in [0.25, 0.3) is 0 Å². The van der Waals surface area contributed by atoms with Gasteiger partial charge in [-0.1, -0.05) is 0 Å². The van der Waals surface area contributed by atoms with E-state index in [2.05, 4.69) is 20.2 Å². The number of morpholine rings is 1. The Hall–Kier alpha value is -2.00. The van der Waals surface area contributed by atoms with Crippen molar-refractivity contribution in [2.75, 3.05) is 62.7 Å². The predicted molar refractivity (Wildman–Crippen MR) is 88.0 cm³/mol. The van der Waals surface area contributed by atoms with E-state index < -0.39 is 4.92 Å². The molecule has 2 heterocycles. The number of aromatic nitrogens is 2. The van der Waals surface area contributed by atoms with Crippen LogP contribution in [0.15, 0.2) is 6.33 Å². The molecule has 0 saturated carbocycles. The van der Waals surface area contributed by atoms with E-state index in [1.54, 1.807) is 0 Å². The molecule has 0 aliphatic carbocycles. The number of hydrogen-bond acceptors (Lipinski definition) is 8. The van der Waals surface area contributed by atoms with Crippen molar-refractivity contribution in [3.8, 4) is 0 Å². The highest BCUT2D eigenvalue weighted by Gasteiger charge is 2.25. The summed E-state index contributed by atoms with van der Waals surface area (Å²) in [6.45, 7) is 9.83. The van der Waals surface area contributed by atoms with Crippen LogP contribution in [-0.2, 0) is 4.74 Å². The predicted octanol–water partition coefficient (Wildman–Crippen LogP) is 0.975. The first-order chi connectivity index (χ1) is 11.2. The Morgan fingerprint density at radius 1 is 1.35 bits per heavy atom. The van der Waals surface area contributed by atoms with Gasteiger partial charge in [-0.15, -0.1) is 0 Å². The Balaban J connectivity index is 2.07. The number of rotatable bonds is 8. The van der Waals surface area contributed by atoms with Crippen LogP contribution in [0.1, 0.15) is 13.8 Å². The summed E-state index contributed by atoms with van der Waals surface area (Å²) in [6.07, 6.45) is 1.37. The Labute approximate surface area is 135 Å². The molecule has 0 unspecified atom stereocenters. The highest BCUT2D eigenvalue weighted by atomic mass is 16.6. The van der Waals surface area contributed by atoms with E-state index in [0.717, 1.165) is 32.8 Å². The molecule has 1 aliphatic rings. The molecule has 1 aromatic heterocycles. The number of anilines is 2. The summed E-state index contributed by atoms with van der Waals surface area (Å²) in [6, 6.07) is 0. The van der Waals surface area contributed by atoms with Gasteiger partial charge in [0.05, 0.1) is 18.1 Å². The molecule has 2 rings (SSSR count). The quantitative estimate of drug-likeness (QED) is 0.558. The van der Waals surface area contributed by atoms with Gasteiger partial charge in [0.25, 0.3) is 0 Å². The largest absolute Gasteiger partial charge is 0.379 e. The molecule has 0 spiro atoms. The van der Waals surface area contributed by atoms with Crippen molar-refractivity contribution in [3.05, 3.63) is 16.4 Å². The van der Waals surface area contributed by atoms with Crippen molar-refractivity contribution < 1.29 is 9.66 Å². The van der Waals surface area contributed by atoms with Crippen molar-refractivity contribution in [2.24, 2.45) is 0 Å². The molecule has 1 N–H and O–H groups in total. The van der Waals surface area contributed by atoms with Gasteiger partial charge in [-0.3, -0.25) is 15.0 Å². The molecule has 0 amide bonds. The average Bonchev–Trinajstić information content (AvgIpc) is 2.57. The molecule has 9 heteroatoms. The molecule has 1 fully saturated rings. The average molecular weight is 324 g/mol. The van der Waals surface area contributed by atoms with Crippen LogP contribution in [0.2, 0.25) is 0 Å². The van der Waals surface area contributed by atoms with Gasteiger partial charge in [-0.05, 0) is 13.8 Å². The van der Waals surface area contributed by atoms with Gasteiger partial charge in [0.1, 0.15) is 6.33 Å². The van der Waals surface area contributed by atoms with E-state index >= 15 is 0 Å². The van der Waals surface area contributed by atoms with Crippen LogP contribution >= 0.6 is 0 Å². The van der Waals surface area contributed by atoms with Gasteiger partial charge < -0.3 is 15.0 Å². The molecule has 0 aromatic carbocycles. The van der Waals surface area contributed by atoms with Crippen molar-refractivity contribution in [2.45, 2.75) is 13.8 Å². The number of ether oxygens (including phenoxy) is 1. The zero-order chi connectivity index (χ0) is 16.7. The van der Waals surface area contributed by atoms with Crippen LogP contribution < -0.4 is 10.2 Å². The molecule has 1 aliphatic heterocycles. The van der Waals surface area contributed by atoms with E-state index in [9.17, 15) is 10.1 Å². The number of nitro groups is 1. The molecule has 0 bridgehead atoms. The number of hydrogen-bond donors (Lipinski definition) is 1. The summed E-state index contributed by atoms with van der Waals surface area (Å²) < 4.78 is 5.30. The fourth-order valence-corrected chi connectivity index (χ4v) is 2.58. The SMILES string of the molecule is CCN(CC)c1ncnc(NCCN2CCOCC2)c1[N+](=O)[O-]. The summed E-state index contributed by atoms with van der Waals surface area (Å²) in [5, 5.41) is 14.6. The highest BCUT2D eigenvalue weighted by Crippen LogP contribution is 2.31. The van der Waals surface area contributed by atoms with E-state index in [0.29, 0.717) is 25.5 Å². The van der Waals surface area contributed by atoms with E-state index in [4.69, 9.17) is 4.74 Å². The van der Waals surface area contributed by atoms with Gasteiger partial charge in [0.15, 0.2) is 0 Å². The van der Waals surface area contributed by atoms with E-state index in [-0.39, 0.29) is 11.5 Å². The Morgan fingerprint density at radius 2 is 2.04 bits per heavy atom. The fraction of sp³-hybridized carbons (Fsp3) is 0.714. The van der Waals surface area contributed by atoms with Gasteiger partial charge in [-0.25, -0.2) is 9.97 Å². The lowest BCUT2D eigenvalue weighted by Gasteiger charge is -2.26. The Bertz CT molecular complexity index is 517. The lowest BCUT2D eigenvalue weighted by Crippen LogP contribution is -2.39. The number of nitrogens with one attached hydrogen (secondary N) is 1. The minimum absolute atomic E-state index is 0.0572. The second-order valence-corrected chi connectivity index (χ2v) is 5.20. The maximum atomic E-state index is 11.5. The van der Waals surface area contributed by atoms with Crippen LogP contribution in [0.5, 0.6) is 0 Å². The number of nitrogens with zero attached hydrogens (tertiary/aromatic N) is 5. The van der Waals surface area contributed by atoms with Gasteiger partial charge in [-0.2, -0.15) is 0 Å². The smallest absolute Gasteiger partial charge is 0.353 e. The van der Waals surface area contributed by atoms with Crippen LogP contribution in [0, 0.1) is 10.1 Å². The first kappa shape index (κ1) is 17.4. The van der Waals surface area contributed by atoms with E-state index in [1.807, 2.05) is 18.7 Å². The minimum atomic E-state index is -0.412. The molecule has 1 saturated heterocycles. The summed E-state index contributed by atoms with van der Waals surface area (Å²) >= 11 is 0. The van der Waals surface area contributed by atoms with Gasteiger partial charge >= 0.3 is 5.69 Å². The zero-order valence-electron chi connectivity index (χ0n) is 13.7. The van der Waals surface area contributed by atoms with Crippen molar-refractivity contribution in [1.29, 1.82) is 0 Å². The third-order valence-electron chi connectivity index (χ3n) is 3.87. The van der Waals surface area contributed by atoms with Crippen molar-refractivity contribution in [3.63, 3.8) is 0 Å². The molecule has 128 valence electrons. The summed E-state index contributed by atoms with van der Waals surface area (Å²) in [7, 11) is 0. The van der Waals surface area contributed by atoms with Crippen LogP contribution in [-0.4, -0.2) is 72.3 Å². The van der Waals surface area contributed by atoms with E-state index in [1.165, 1.54) is 6.33 Å². The Morgan fingerprint density at radius 3 is 2.65 bits per heavy atom. The minimum Gasteiger partial charge on any atom is -0.379 e. The van der Waals surface area contributed by atoms with Crippen molar-refractivity contribution >= 4 is 17.3 Å². The standard InChI is InChI=1S/C14H24N6O3/c1-3-19(4-2)14-12(20(21)22)13(16-11-17-14)15-5-6-18-7-9-23-10-8-18/h11H,3-10H2,1-2H3,(H,15,16,17). The van der Waals surface area contributed by atoms with Gasteiger partial charge in [0.2, 0.25) is 11.6 Å².